The zero-order valence-corrected chi connectivity index (χ0v) is 23.5. The summed E-state index contributed by atoms with van der Waals surface area (Å²) in [6.07, 6.45) is 0.824. The van der Waals surface area contributed by atoms with Crippen molar-refractivity contribution < 1.29 is 27.6 Å². The molecule has 5 nitrogen and oxygen atoms in total. The first kappa shape index (κ1) is 32.1. The number of unbranched alkanes of at least 4 members (excludes halogenated alkanes) is 3. The molecule has 0 bridgehead atoms. The van der Waals surface area contributed by atoms with Crippen molar-refractivity contribution in [2.24, 2.45) is 5.41 Å². The number of ketones is 1. The number of benzene rings is 1. The normalized spacial score (nSPS) is 13.2. The van der Waals surface area contributed by atoms with E-state index in [9.17, 15) is 27.6 Å². The number of Topliss-reactive ketones (excluding diaryl/α,β-unsaturated/α-hetero) is 1. The quantitative estimate of drug-likeness (QED) is 0.150. The van der Waals surface area contributed by atoms with Gasteiger partial charge in [-0.25, -0.2) is 0 Å². The van der Waals surface area contributed by atoms with E-state index in [0.29, 0.717) is 37.7 Å². The monoisotopic (exact) mass is 531 g/mol. The van der Waals surface area contributed by atoms with Gasteiger partial charge in [0.1, 0.15) is 0 Å². The fourth-order valence-corrected chi connectivity index (χ4v) is 8.79. The molecule has 0 aliphatic carbocycles. The molecule has 1 amide bonds. The van der Waals surface area contributed by atoms with Gasteiger partial charge in [0.2, 0.25) is 11.9 Å². The highest BCUT2D eigenvalue weighted by Crippen LogP contribution is 2.63. The maximum Gasteiger partial charge on any atom is 0.452 e. The van der Waals surface area contributed by atoms with E-state index in [-0.39, 0.29) is 5.69 Å². The molecule has 0 spiro atoms. The molecule has 0 saturated carbocycles. The van der Waals surface area contributed by atoms with E-state index in [1.54, 1.807) is 39.0 Å². The van der Waals surface area contributed by atoms with Crippen LogP contribution in [-0.4, -0.2) is 47.9 Å². The second-order valence-electron chi connectivity index (χ2n) is 10.4. The number of nitrogens with one attached hydrogen (secondary N) is 1. The van der Waals surface area contributed by atoms with Gasteiger partial charge in [-0.15, -0.1) is 0 Å². The maximum absolute atomic E-state index is 14.4. The summed E-state index contributed by atoms with van der Waals surface area (Å²) in [6.45, 7) is 10.8. The molecular weight excluding hydrogens is 488 g/mol. The van der Waals surface area contributed by atoms with Gasteiger partial charge >= 0.3 is 6.18 Å². The first-order chi connectivity index (χ1) is 16.7. The molecule has 1 unspecified atom stereocenters. The van der Waals surface area contributed by atoms with Crippen molar-refractivity contribution in [2.45, 2.75) is 92.3 Å². The molecule has 1 aromatic rings. The Balaban J connectivity index is 3.81. The van der Waals surface area contributed by atoms with Gasteiger partial charge in [0.05, 0.1) is 31.4 Å². The van der Waals surface area contributed by atoms with Gasteiger partial charge in [0.25, 0.3) is 11.3 Å². The van der Waals surface area contributed by atoms with Crippen LogP contribution in [0.1, 0.15) is 80.1 Å². The van der Waals surface area contributed by atoms with Crippen LogP contribution in [-0.2, 0) is 14.4 Å². The largest absolute Gasteiger partial charge is 0.452 e. The van der Waals surface area contributed by atoms with E-state index < -0.39 is 42.1 Å². The van der Waals surface area contributed by atoms with E-state index in [4.69, 9.17) is 0 Å². The van der Waals surface area contributed by atoms with Crippen LogP contribution in [0.4, 0.5) is 18.9 Å². The Morgan fingerprint density at radius 1 is 0.861 bits per heavy atom. The standard InChI is InChI=1S/C27H42F3N2O3P/c1-7-10-18-36(19-11-8-2,20-12-9-3)24(34)22(23(33)27(28,29)30)32(21-16-14-13-15-17-21)31-25(35)26(4,5)6/h13-17,22H,7-12,18-20H2,1-6H3/p+1. The van der Waals surface area contributed by atoms with Crippen LogP contribution < -0.4 is 10.4 Å². The third-order valence-corrected chi connectivity index (χ3v) is 10.9. The molecule has 1 atom stereocenters. The average molecular weight is 532 g/mol. The molecule has 1 rings (SSSR count). The number of anilines is 1. The molecular formula is C27H43F3N2O3P+. The van der Waals surface area contributed by atoms with Gasteiger partial charge in [-0.05, 0) is 31.4 Å². The van der Waals surface area contributed by atoms with Crippen molar-refractivity contribution in [2.75, 3.05) is 23.5 Å². The molecule has 9 heteroatoms. The molecule has 0 aromatic heterocycles. The van der Waals surface area contributed by atoms with Gasteiger partial charge in [-0.3, -0.25) is 24.8 Å². The zero-order chi connectivity index (χ0) is 27.6. The predicted molar refractivity (Wildman–Crippen MR) is 143 cm³/mol. The minimum atomic E-state index is -5.24. The minimum absolute atomic E-state index is 0.158. The number of hydrogen-bond donors (Lipinski definition) is 1. The van der Waals surface area contributed by atoms with E-state index in [0.717, 1.165) is 24.3 Å². The Morgan fingerprint density at radius 2 is 1.31 bits per heavy atom. The summed E-state index contributed by atoms with van der Waals surface area (Å²) in [5.41, 5.74) is 1.06. The highest BCUT2D eigenvalue weighted by molar-refractivity contribution is 7.91. The number of para-hydroxylation sites is 1. The lowest BCUT2D eigenvalue weighted by Crippen LogP contribution is -2.60. The van der Waals surface area contributed by atoms with Gasteiger partial charge < -0.3 is 0 Å². The number of nitrogens with zero attached hydrogens (tertiary/aromatic N) is 1. The smallest absolute Gasteiger partial charge is 0.286 e. The van der Waals surface area contributed by atoms with Crippen LogP contribution in [0.2, 0.25) is 0 Å². The Morgan fingerprint density at radius 3 is 1.67 bits per heavy atom. The summed E-state index contributed by atoms with van der Waals surface area (Å²) in [4.78, 5) is 40.3. The van der Waals surface area contributed by atoms with Crippen LogP contribution in [0, 0.1) is 5.41 Å². The fourth-order valence-electron chi connectivity index (χ4n) is 3.95. The van der Waals surface area contributed by atoms with Crippen LogP contribution in [0.25, 0.3) is 0 Å². The molecule has 0 aliphatic heterocycles. The highest BCUT2D eigenvalue weighted by atomic mass is 31.2. The molecule has 0 saturated heterocycles. The second kappa shape index (κ2) is 14.1. The van der Waals surface area contributed by atoms with Crippen molar-refractivity contribution in [1.82, 2.24) is 5.43 Å². The van der Waals surface area contributed by atoms with E-state index in [1.165, 1.54) is 12.1 Å². The SMILES string of the molecule is CCCC[P+](CCCC)(CCCC)C(=O)C(C(=O)C(F)(F)F)N(NC(=O)C(C)(C)C)c1ccccc1. The third kappa shape index (κ3) is 8.86. The predicted octanol–water partition coefficient (Wildman–Crippen LogP) is 7.01. The lowest BCUT2D eigenvalue weighted by Gasteiger charge is -2.37. The number of hydrazine groups is 1. The van der Waals surface area contributed by atoms with Crippen molar-refractivity contribution in [1.29, 1.82) is 0 Å². The lowest BCUT2D eigenvalue weighted by atomic mass is 9.96. The Bertz CT molecular complexity index is 832. The molecule has 36 heavy (non-hydrogen) atoms. The topological polar surface area (TPSA) is 66.5 Å². The zero-order valence-electron chi connectivity index (χ0n) is 22.6. The summed E-state index contributed by atoms with van der Waals surface area (Å²) >= 11 is 0. The summed E-state index contributed by atoms with van der Waals surface area (Å²) in [7, 11) is -2.63. The number of halogens is 3. The molecule has 0 fully saturated rings. The van der Waals surface area contributed by atoms with Crippen LogP contribution >= 0.6 is 7.26 Å². The Labute approximate surface area is 214 Å². The van der Waals surface area contributed by atoms with Crippen molar-refractivity contribution >= 4 is 30.2 Å². The third-order valence-electron chi connectivity index (χ3n) is 6.24. The molecule has 0 radical (unpaired) electrons. The fraction of sp³-hybridized carbons (Fsp3) is 0.667. The summed E-state index contributed by atoms with van der Waals surface area (Å²) < 4.78 is 42.1. The molecule has 1 aromatic carbocycles. The van der Waals surface area contributed by atoms with E-state index in [2.05, 4.69) is 5.43 Å². The number of carbonyl (C=O) groups is 3. The molecule has 1 N–H and O–H groups in total. The maximum atomic E-state index is 14.4. The van der Waals surface area contributed by atoms with E-state index in [1.807, 2.05) is 20.8 Å². The Hall–Kier alpha value is -1.95. The lowest BCUT2D eigenvalue weighted by molar-refractivity contribution is -0.173. The highest BCUT2D eigenvalue weighted by Gasteiger charge is 2.58. The van der Waals surface area contributed by atoms with Gasteiger partial charge in [0.15, 0.2) is 0 Å². The van der Waals surface area contributed by atoms with Crippen molar-refractivity contribution in [3.8, 4) is 0 Å². The van der Waals surface area contributed by atoms with Gasteiger partial charge in [-0.2, -0.15) is 13.2 Å². The summed E-state index contributed by atoms with van der Waals surface area (Å²) in [5.74, 6) is -2.72. The molecule has 204 valence electrons. The van der Waals surface area contributed by atoms with Crippen molar-refractivity contribution in [3.63, 3.8) is 0 Å². The minimum Gasteiger partial charge on any atom is -0.286 e. The number of amides is 1. The number of carbonyl (C=O) groups excluding carboxylic acids is 3. The molecule has 0 heterocycles. The number of alkyl halides is 3. The second-order valence-corrected chi connectivity index (χ2v) is 14.4. The average Bonchev–Trinajstić information content (AvgIpc) is 2.82. The van der Waals surface area contributed by atoms with Crippen LogP contribution in [0.3, 0.4) is 0 Å². The van der Waals surface area contributed by atoms with Gasteiger partial charge in [-0.1, -0.05) is 79.0 Å². The Kier molecular flexibility index (Phi) is 12.6. The van der Waals surface area contributed by atoms with Crippen molar-refractivity contribution in [3.05, 3.63) is 30.3 Å². The van der Waals surface area contributed by atoms with Crippen LogP contribution in [0.5, 0.6) is 0 Å². The first-order valence-corrected chi connectivity index (χ1v) is 15.3. The number of hydrogen-bond acceptors (Lipinski definition) is 4. The first-order valence-electron chi connectivity index (χ1n) is 12.9. The summed E-state index contributed by atoms with van der Waals surface area (Å²) in [5, 5.41) is 0.879. The van der Waals surface area contributed by atoms with Gasteiger partial charge in [0, 0.05) is 5.41 Å². The summed E-state index contributed by atoms with van der Waals surface area (Å²) in [6, 6.07) is 5.69. The van der Waals surface area contributed by atoms with Crippen LogP contribution in [0.15, 0.2) is 30.3 Å². The number of rotatable bonds is 15. The molecule has 0 aliphatic rings. The van der Waals surface area contributed by atoms with E-state index >= 15 is 0 Å².